The van der Waals surface area contributed by atoms with E-state index in [9.17, 15) is 4.79 Å². The summed E-state index contributed by atoms with van der Waals surface area (Å²) in [6, 6.07) is 6.03. The van der Waals surface area contributed by atoms with Gasteiger partial charge in [-0.25, -0.2) is 0 Å². The molecule has 0 spiro atoms. The summed E-state index contributed by atoms with van der Waals surface area (Å²) in [7, 11) is 1.84. The zero-order chi connectivity index (χ0) is 17.0. The minimum Gasteiger partial charge on any atom is -0.354 e. The molecule has 0 bridgehead atoms. The van der Waals surface area contributed by atoms with E-state index < -0.39 is 0 Å². The van der Waals surface area contributed by atoms with Gasteiger partial charge in [-0.3, -0.25) is 9.48 Å². The molecule has 7 heteroatoms. The number of anilines is 1. The Hall–Kier alpha value is -2.44. The van der Waals surface area contributed by atoms with E-state index in [1.54, 1.807) is 10.7 Å². The first kappa shape index (κ1) is 14.9. The number of rotatable bonds is 3. The molecule has 1 saturated carbocycles. The number of likely N-dealkylation sites (tertiary alicyclic amines) is 1. The van der Waals surface area contributed by atoms with Crippen molar-refractivity contribution in [2.45, 2.75) is 18.8 Å². The van der Waals surface area contributed by atoms with Gasteiger partial charge in [0.05, 0.1) is 5.69 Å². The molecule has 7 nitrogen and oxygen atoms in total. The Bertz CT molecular complexity index is 782. The van der Waals surface area contributed by atoms with Gasteiger partial charge in [0.25, 0.3) is 5.91 Å². The molecule has 3 aliphatic rings. The van der Waals surface area contributed by atoms with Crippen molar-refractivity contribution in [2.75, 3.05) is 31.1 Å². The molecule has 0 aromatic carbocycles. The molecule has 1 aliphatic carbocycles. The topological polar surface area (TPSA) is 67.2 Å². The van der Waals surface area contributed by atoms with Gasteiger partial charge in [0.2, 0.25) is 0 Å². The molecule has 0 N–H and O–H groups in total. The van der Waals surface area contributed by atoms with Crippen molar-refractivity contribution in [3.8, 4) is 0 Å². The van der Waals surface area contributed by atoms with E-state index in [0.29, 0.717) is 23.4 Å². The number of hydrogen-bond donors (Lipinski definition) is 0. The highest BCUT2D eigenvalue weighted by Gasteiger charge is 2.42. The summed E-state index contributed by atoms with van der Waals surface area (Å²) in [5.41, 5.74) is 1.68. The lowest BCUT2D eigenvalue weighted by molar-refractivity contribution is 0.0776. The van der Waals surface area contributed by atoms with Gasteiger partial charge in [0.15, 0.2) is 5.82 Å². The molecular weight excluding hydrogens is 316 g/mol. The second-order valence-corrected chi connectivity index (χ2v) is 7.60. The van der Waals surface area contributed by atoms with E-state index in [1.165, 1.54) is 12.8 Å². The van der Waals surface area contributed by atoms with Crippen molar-refractivity contribution < 1.29 is 4.79 Å². The predicted octanol–water partition coefficient (Wildman–Crippen LogP) is 1.30. The summed E-state index contributed by atoms with van der Waals surface area (Å²) < 4.78 is 1.68. The Kier molecular flexibility index (Phi) is 3.29. The number of nitrogens with zero attached hydrogens (tertiary/aromatic N) is 6. The van der Waals surface area contributed by atoms with Crippen LogP contribution in [0.5, 0.6) is 0 Å². The van der Waals surface area contributed by atoms with E-state index in [0.717, 1.165) is 37.7 Å². The Morgan fingerprint density at radius 3 is 2.36 bits per heavy atom. The number of fused-ring (bicyclic) bond motifs is 1. The van der Waals surface area contributed by atoms with Crippen molar-refractivity contribution in [2.24, 2.45) is 18.9 Å². The largest absolute Gasteiger partial charge is 0.354 e. The number of carbonyl (C=O) groups excluding carboxylic acids is 1. The second kappa shape index (κ2) is 5.54. The molecule has 3 fully saturated rings. The van der Waals surface area contributed by atoms with Crippen LogP contribution < -0.4 is 4.90 Å². The maximum absolute atomic E-state index is 12.6. The highest BCUT2D eigenvalue weighted by atomic mass is 16.2. The molecule has 5 rings (SSSR count). The lowest BCUT2D eigenvalue weighted by Gasteiger charge is -2.21. The van der Waals surface area contributed by atoms with Crippen LogP contribution in [0, 0.1) is 11.8 Å². The van der Waals surface area contributed by atoms with E-state index in [4.69, 9.17) is 0 Å². The maximum Gasteiger partial charge on any atom is 0.274 e. The van der Waals surface area contributed by atoms with Crippen LogP contribution in [0.4, 0.5) is 5.82 Å². The zero-order valence-electron chi connectivity index (χ0n) is 14.4. The van der Waals surface area contributed by atoms with Gasteiger partial charge in [0, 0.05) is 57.2 Å². The molecule has 2 atom stereocenters. The van der Waals surface area contributed by atoms with Crippen LogP contribution in [0.1, 0.15) is 34.9 Å². The van der Waals surface area contributed by atoms with E-state index in [-0.39, 0.29) is 5.91 Å². The van der Waals surface area contributed by atoms with Crippen LogP contribution in [0.3, 0.4) is 0 Å². The smallest absolute Gasteiger partial charge is 0.274 e. The lowest BCUT2D eigenvalue weighted by Crippen LogP contribution is -2.33. The average Bonchev–Trinajstić information content (AvgIpc) is 3.06. The van der Waals surface area contributed by atoms with Crippen LogP contribution in [-0.2, 0) is 7.05 Å². The molecule has 1 amide bonds. The number of carbonyl (C=O) groups is 1. The van der Waals surface area contributed by atoms with Gasteiger partial charge in [-0.15, -0.1) is 5.10 Å². The number of aromatic nitrogens is 4. The third-order valence-electron chi connectivity index (χ3n) is 5.70. The quantitative estimate of drug-likeness (QED) is 0.844. The Morgan fingerprint density at radius 1 is 1.04 bits per heavy atom. The third-order valence-corrected chi connectivity index (χ3v) is 5.70. The molecule has 130 valence electrons. The molecule has 0 radical (unpaired) electrons. The molecular formula is C18H22N6O. The second-order valence-electron chi connectivity index (χ2n) is 7.60. The summed E-state index contributed by atoms with van der Waals surface area (Å²) in [5, 5.41) is 13.1. The fourth-order valence-electron chi connectivity index (χ4n) is 4.14. The minimum atomic E-state index is 0.0510. The highest BCUT2D eigenvalue weighted by Crippen LogP contribution is 2.39. The summed E-state index contributed by atoms with van der Waals surface area (Å²) in [5.74, 6) is 2.69. The van der Waals surface area contributed by atoms with Crippen molar-refractivity contribution in [3.63, 3.8) is 0 Å². The Labute approximate surface area is 146 Å². The minimum absolute atomic E-state index is 0.0510. The van der Waals surface area contributed by atoms with Crippen LogP contribution in [-0.4, -0.2) is 57.0 Å². The Morgan fingerprint density at radius 2 is 1.80 bits per heavy atom. The molecule has 2 saturated heterocycles. The first-order valence-electron chi connectivity index (χ1n) is 9.05. The van der Waals surface area contributed by atoms with Crippen LogP contribution in [0.2, 0.25) is 0 Å². The van der Waals surface area contributed by atoms with Gasteiger partial charge in [-0.1, -0.05) is 0 Å². The molecule has 2 unspecified atom stereocenters. The van der Waals surface area contributed by atoms with Gasteiger partial charge in [-0.2, -0.15) is 10.2 Å². The molecule has 25 heavy (non-hydrogen) atoms. The highest BCUT2D eigenvalue weighted by molar-refractivity contribution is 5.92. The lowest BCUT2D eigenvalue weighted by atomic mass is 10.0. The van der Waals surface area contributed by atoms with Gasteiger partial charge < -0.3 is 9.80 Å². The van der Waals surface area contributed by atoms with Gasteiger partial charge in [-0.05, 0) is 31.0 Å². The summed E-state index contributed by atoms with van der Waals surface area (Å²) in [6.07, 6.45) is 4.32. The van der Waals surface area contributed by atoms with Crippen molar-refractivity contribution in [3.05, 3.63) is 35.8 Å². The SMILES string of the molecule is Cn1ccc(C(=O)N2CC3CN(c4ccc(C5CC5)nn4)CC3C2)n1. The van der Waals surface area contributed by atoms with Crippen molar-refractivity contribution >= 4 is 11.7 Å². The van der Waals surface area contributed by atoms with Gasteiger partial charge >= 0.3 is 0 Å². The first-order valence-corrected chi connectivity index (χ1v) is 9.05. The molecule has 2 aromatic heterocycles. The fraction of sp³-hybridized carbons (Fsp3) is 0.556. The van der Waals surface area contributed by atoms with Crippen LogP contribution >= 0.6 is 0 Å². The van der Waals surface area contributed by atoms with E-state index in [2.05, 4.69) is 32.3 Å². The molecule has 2 aromatic rings. The third kappa shape index (κ3) is 2.67. The standard InChI is InChI=1S/C18H22N6O/c1-22-7-6-16(21-22)18(25)24-10-13-8-23(9-14(13)11-24)17-5-4-15(19-20-17)12-2-3-12/h4-7,12-14H,2-3,8-11H2,1H3. The number of hydrogen-bond acceptors (Lipinski definition) is 5. The predicted molar refractivity (Wildman–Crippen MR) is 92.3 cm³/mol. The molecule has 2 aliphatic heterocycles. The maximum atomic E-state index is 12.6. The first-order chi connectivity index (χ1) is 12.2. The summed E-state index contributed by atoms with van der Waals surface area (Å²) >= 11 is 0. The normalized spacial score (nSPS) is 25.5. The summed E-state index contributed by atoms with van der Waals surface area (Å²) in [6.45, 7) is 3.52. The Balaban J connectivity index is 1.23. The fourth-order valence-corrected chi connectivity index (χ4v) is 4.14. The van der Waals surface area contributed by atoms with E-state index in [1.807, 2.05) is 18.1 Å². The monoisotopic (exact) mass is 338 g/mol. The van der Waals surface area contributed by atoms with Gasteiger partial charge in [0.1, 0.15) is 5.69 Å². The number of amides is 1. The van der Waals surface area contributed by atoms with Crippen molar-refractivity contribution in [1.29, 1.82) is 0 Å². The number of aryl methyl sites for hydroxylation is 1. The summed E-state index contributed by atoms with van der Waals surface area (Å²) in [4.78, 5) is 16.8. The molecule has 4 heterocycles. The van der Waals surface area contributed by atoms with E-state index >= 15 is 0 Å². The van der Waals surface area contributed by atoms with Crippen LogP contribution in [0.25, 0.3) is 0 Å². The zero-order valence-corrected chi connectivity index (χ0v) is 14.4. The average molecular weight is 338 g/mol. The van der Waals surface area contributed by atoms with Crippen molar-refractivity contribution in [1.82, 2.24) is 24.9 Å². The van der Waals surface area contributed by atoms with Crippen LogP contribution in [0.15, 0.2) is 24.4 Å².